The van der Waals surface area contributed by atoms with E-state index in [9.17, 15) is 0 Å². The molecular formula is C11H4Cl3N3. The molecule has 0 fully saturated rings. The lowest BCUT2D eigenvalue weighted by molar-refractivity contribution is 1.17. The van der Waals surface area contributed by atoms with Crippen molar-refractivity contribution in [3.8, 4) is 17.3 Å². The van der Waals surface area contributed by atoms with Crippen LogP contribution in [0.25, 0.3) is 11.3 Å². The van der Waals surface area contributed by atoms with Crippen LogP contribution in [0.15, 0.2) is 24.4 Å². The lowest BCUT2D eigenvalue weighted by Crippen LogP contribution is -1.94. The number of nitriles is 1. The van der Waals surface area contributed by atoms with Crippen molar-refractivity contribution in [1.29, 1.82) is 5.26 Å². The van der Waals surface area contributed by atoms with E-state index in [-0.39, 0.29) is 10.8 Å². The van der Waals surface area contributed by atoms with Gasteiger partial charge in [0.25, 0.3) is 0 Å². The summed E-state index contributed by atoms with van der Waals surface area (Å²) in [6, 6.07) is 7.02. The van der Waals surface area contributed by atoms with Gasteiger partial charge in [-0.1, -0.05) is 46.9 Å². The van der Waals surface area contributed by atoms with Gasteiger partial charge in [0.05, 0.1) is 16.2 Å². The van der Waals surface area contributed by atoms with Gasteiger partial charge in [-0.3, -0.25) is 0 Å². The summed E-state index contributed by atoms with van der Waals surface area (Å²) in [4.78, 5) is 7.94. The maximum absolute atomic E-state index is 8.98. The molecule has 1 heterocycles. The Labute approximate surface area is 113 Å². The number of hydrogen-bond donors (Lipinski definition) is 0. The molecular weight excluding hydrogens is 281 g/mol. The second-order valence-electron chi connectivity index (χ2n) is 3.10. The van der Waals surface area contributed by atoms with E-state index in [1.165, 1.54) is 6.20 Å². The molecule has 1 aromatic heterocycles. The molecule has 0 bridgehead atoms. The molecule has 0 saturated heterocycles. The van der Waals surface area contributed by atoms with E-state index in [2.05, 4.69) is 9.97 Å². The van der Waals surface area contributed by atoms with Crippen molar-refractivity contribution in [3.63, 3.8) is 0 Å². The Morgan fingerprint density at radius 2 is 1.94 bits per heavy atom. The van der Waals surface area contributed by atoms with E-state index >= 15 is 0 Å². The van der Waals surface area contributed by atoms with Gasteiger partial charge in [-0.2, -0.15) is 5.26 Å². The van der Waals surface area contributed by atoms with E-state index in [1.54, 1.807) is 18.2 Å². The predicted molar refractivity (Wildman–Crippen MR) is 67.2 cm³/mol. The summed E-state index contributed by atoms with van der Waals surface area (Å²) in [5, 5.41) is 9.86. The second-order valence-corrected chi connectivity index (χ2v) is 4.28. The zero-order chi connectivity index (χ0) is 12.4. The fraction of sp³-hybridized carbons (Fsp3) is 0. The minimum atomic E-state index is 0.113. The number of rotatable bonds is 1. The van der Waals surface area contributed by atoms with Crippen molar-refractivity contribution in [2.24, 2.45) is 0 Å². The lowest BCUT2D eigenvalue weighted by atomic mass is 10.1. The first-order chi connectivity index (χ1) is 8.13. The molecule has 1 aromatic carbocycles. The van der Waals surface area contributed by atoms with Crippen molar-refractivity contribution in [2.75, 3.05) is 0 Å². The molecule has 0 spiro atoms. The van der Waals surface area contributed by atoms with Gasteiger partial charge in [0.2, 0.25) is 0 Å². The van der Waals surface area contributed by atoms with E-state index in [0.717, 1.165) is 0 Å². The molecule has 6 heteroatoms. The van der Waals surface area contributed by atoms with Crippen molar-refractivity contribution < 1.29 is 0 Å². The van der Waals surface area contributed by atoms with E-state index < -0.39 is 0 Å². The normalized spacial score (nSPS) is 10.0. The van der Waals surface area contributed by atoms with Crippen LogP contribution in [-0.2, 0) is 0 Å². The molecule has 0 saturated carbocycles. The molecule has 0 aliphatic carbocycles. The molecule has 2 rings (SSSR count). The summed E-state index contributed by atoms with van der Waals surface area (Å²) < 4.78 is 0. The quantitative estimate of drug-likeness (QED) is 0.796. The molecule has 0 atom stereocenters. The van der Waals surface area contributed by atoms with Gasteiger partial charge in [0, 0.05) is 5.56 Å². The van der Waals surface area contributed by atoms with Crippen molar-refractivity contribution in [1.82, 2.24) is 9.97 Å². The third-order valence-corrected chi connectivity index (χ3v) is 3.06. The molecule has 0 radical (unpaired) electrons. The molecule has 2 aromatic rings. The molecule has 0 aliphatic heterocycles. The monoisotopic (exact) mass is 283 g/mol. The van der Waals surface area contributed by atoms with Crippen LogP contribution in [0.1, 0.15) is 5.69 Å². The number of halogens is 3. The van der Waals surface area contributed by atoms with Crippen LogP contribution < -0.4 is 0 Å². The zero-order valence-corrected chi connectivity index (χ0v) is 10.6. The van der Waals surface area contributed by atoms with Gasteiger partial charge in [0.15, 0.2) is 5.69 Å². The first kappa shape index (κ1) is 12.1. The number of nitrogens with zero attached hydrogens (tertiary/aromatic N) is 3. The smallest absolute Gasteiger partial charge is 0.168 e. The van der Waals surface area contributed by atoms with E-state index in [1.807, 2.05) is 6.07 Å². The third-order valence-electron chi connectivity index (χ3n) is 2.06. The van der Waals surface area contributed by atoms with Crippen molar-refractivity contribution in [2.45, 2.75) is 0 Å². The second kappa shape index (κ2) is 4.89. The van der Waals surface area contributed by atoms with Crippen LogP contribution in [0.4, 0.5) is 0 Å². The van der Waals surface area contributed by atoms with Gasteiger partial charge >= 0.3 is 0 Å². The third kappa shape index (κ3) is 2.34. The van der Waals surface area contributed by atoms with Crippen LogP contribution in [-0.4, -0.2) is 9.97 Å². The van der Waals surface area contributed by atoms with E-state index in [0.29, 0.717) is 21.3 Å². The van der Waals surface area contributed by atoms with Crippen molar-refractivity contribution >= 4 is 34.8 Å². The van der Waals surface area contributed by atoms with Gasteiger partial charge in [-0.25, -0.2) is 9.97 Å². The Morgan fingerprint density at radius 1 is 1.18 bits per heavy atom. The number of aromatic nitrogens is 2. The summed E-state index contributed by atoms with van der Waals surface area (Å²) in [6.45, 7) is 0. The molecule has 0 amide bonds. The lowest BCUT2D eigenvalue weighted by Gasteiger charge is -2.06. The first-order valence-corrected chi connectivity index (χ1v) is 5.64. The zero-order valence-electron chi connectivity index (χ0n) is 8.28. The highest BCUT2D eigenvalue weighted by Crippen LogP contribution is 2.33. The van der Waals surface area contributed by atoms with Crippen LogP contribution >= 0.6 is 34.8 Å². The van der Waals surface area contributed by atoms with Gasteiger partial charge in [0.1, 0.15) is 16.9 Å². The highest BCUT2D eigenvalue weighted by atomic mass is 35.5. The maximum atomic E-state index is 8.98. The SMILES string of the molecule is N#Cc1nc(Cl)cnc1-c1cccc(Cl)c1Cl. The van der Waals surface area contributed by atoms with Gasteiger partial charge < -0.3 is 0 Å². The van der Waals surface area contributed by atoms with Crippen LogP contribution in [0, 0.1) is 11.3 Å². The summed E-state index contributed by atoms with van der Waals surface area (Å²) in [5.74, 6) is 0. The average molecular weight is 285 g/mol. The molecule has 3 nitrogen and oxygen atoms in total. The Hall–Kier alpha value is -1.34. The minimum Gasteiger partial charge on any atom is -0.250 e. The summed E-state index contributed by atoms with van der Waals surface area (Å²) in [7, 11) is 0. The van der Waals surface area contributed by atoms with Crippen LogP contribution in [0.2, 0.25) is 15.2 Å². The number of benzene rings is 1. The van der Waals surface area contributed by atoms with E-state index in [4.69, 9.17) is 40.1 Å². The van der Waals surface area contributed by atoms with Gasteiger partial charge in [-0.05, 0) is 6.07 Å². The Bertz CT molecular complexity index is 620. The minimum absolute atomic E-state index is 0.113. The first-order valence-electron chi connectivity index (χ1n) is 4.50. The standard InChI is InChI=1S/C11H4Cl3N3/c12-7-3-1-2-6(10(7)14)11-8(4-15)17-9(13)5-16-11/h1-3,5H. The predicted octanol–water partition coefficient (Wildman–Crippen LogP) is 3.98. The molecule has 84 valence electrons. The highest BCUT2D eigenvalue weighted by molar-refractivity contribution is 6.43. The van der Waals surface area contributed by atoms with Crippen LogP contribution in [0.3, 0.4) is 0 Å². The summed E-state index contributed by atoms with van der Waals surface area (Å²) in [6.07, 6.45) is 1.36. The maximum Gasteiger partial charge on any atom is 0.168 e. The Balaban J connectivity index is 2.69. The molecule has 0 N–H and O–H groups in total. The van der Waals surface area contributed by atoms with Crippen LogP contribution in [0.5, 0.6) is 0 Å². The van der Waals surface area contributed by atoms with Crippen molar-refractivity contribution in [3.05, 3.63) is 45.3 Å². The Morgan fingerprint density at radius 3 is 2.65 bits per heavy atom. The highest BCUT2D eigenvalue weighted by Gasteiger charge is 2.13. The molecule has 17 heavy (non-hydrogen) atoms. The molecule has 0 aliphatic rings. The Kier molecular flexibility index (Phi) is 3.49. The average Bonchev–Trinajstić information content (AvgIpc) is 2.33. The largest absolute Gasteiger partial charge is 0.250 e. The summed E-state index contributed by atoms with van der Waals surface area (Å²) in [5.41, 5.74) is 1.03. The fourth-order valence-corrected chi connectivity index (χ4v) is 1.85. The molecule has 0 unspecified atom stereocenters. The van der Waals surface area contributed by atoms with Gasteiger partial charge in [-0.15, -0.1) is 0 Å². The number of hydrogen-bond acceptors (Lipinski definition) is 3. The fourth-order valence-electron chi connectivity index (χ4n) is 1.33. The topological polar surface area (TPSA) is 49.6 Å². The summed E-state index contributed by atoms with van der Waals surface area (Å²) >= 11 is 17.6.